The summed E-state index contributed by atoms with van der Waals surface area (Å²) in [7, 11) is 5.42. The number of ether oxygens (including phenoxy) is 1. The second-order valence-corrected chi connectivity index (χ2v) is 6.86. The summed E-state index contributed by atoms with van der Waals surface area (Å²) in [6.45, 7) is 4.38. The summed E-state index contributed by atoms with van der Waals surface area (Å²) in [4.78, 5) is 20.8. The van der Waals surface area contributed by atoms with E-state index in [4.69, 9.17) is 4.74 Å². The predicted molar refractivity (Wildman–Crippen MR) is 121 cm³/mol. The van der Waals surface area contributed by atoms with Gasteiger partial charge in [0.2, 0.25) is 5.91 Å². The molecule has 0 saturated carbocycles. The number of aliphatic imine (C=N–C) groups is 1. The molecule has 1 saturated heterocycles. The highest BCUT2D eigenvalue weighted by Crippen LogP contribution is 2.17. The summed E-state index contributed by atoms with van der Waals surface area (Å²) in [5.41, 5.74) is 1.18. The number of piperidine rings is 1. The van der Waals surface area contributed by atoms with Crippen molar-refractivity contribution in [2.45, 2.75) is 45.2 Å². The Labute approximate surface area is 180 Å². The van der Waals surface area contributed by atoms with Crippen molar-refractivity contribution in [1.82, 2.24) is 15.1 Å². The molecule has 1 amide bonds. The molecule has 2 rings (SSSR count). The van der Waals surface area contributed by atoms with E-state index >= 15 is 0 Å². The monoisotopic (exact) mass is 488 g/mol. The molecule has 0 bridgehead atoms. The molecule has 6 nitrogen and oxygen atoms in total. The third-order valence-corrected chi connectivity index (χ3v) is 4.90. The Balaban J connectivity index is 0.00000364. The Morgan fingerprint density at radius 1 is 1.33 bits per heavy atom. The molecule has 1 aliphatic heterocycles. The number of amides is 1. The molecule has 1 fully saturated rings. The smallest absolute Gasteiger partial charge is 0.224 e. The number of likely N-dealkylation sites (tertiary alicyclic amines) is 1. The lowest BCUT2D eigenvalue weighted by atomic mass is 10.0. The van der Waals surface area contributed by atoms with Gasteiger partial charge >= 0.3 is 0 Å². The van der Waals surface area contributed by atoms with Crippen molar-refractivity contribution < 1.29 is 9.53 Å². The maximum absolute atomic E-state index is 12.4. The quantitative estimate of drug-likeness (QED) is 0.380. The van der Waals surface area contributed by atoms with Crippen molar-refractivity contribution >= 4 is 35.8 Å². The van der Waals surface area contributed by atoms with Gasteiger partial charge in [0.15, 0.2) is 5.96 Å². The van der Waals surface area contributed by atoms with Crippen LogP contribution in [0.5, 0.6) is 5.75 Å². The first-order valence-electron chi connectivity index (χ1n) is 9.39. The number of carbonyl (C=O) groups is 1. The van der Waals surface area contributed by atoms with Gasteiger partial charge in [-0.1, -0.05) is 12.1 Å². The SMILES string of the molecule is CN=C(NCCC(=O)N1CCCCC1C)N(C)Cc1ccc(OC)cc1.I. The zero-order chi connectivity index (χ0) is 18.9. The van der Waals surface area contributed by atoms with Crippen LogP contribution in [0.2, 0.25) is 0 Å². The van der Waals surface area contributed by atoms with Crippen LogP contribution in [0.4, 0.5) is 0 Å². The molecular weight excluding hydrogens is 455 g/mol. The zero-order valence-corrected chi connectivity index (χ0v) is 19.2. The number of carbonyl (C=O) groups excluding carboxylic acids is 1. The van der Waals surface area contributed by atoms with Crippen LogP contribution in [0, 0.1) is 0 Å². The number of rotatable bonds is 6. The zero-order valence-electron chi connectivity index (χ0n) is 16.9. The fraction of sp³-hybridized carbons (Fsp3) is 0.600. The van der Waals surface area contributed by atoms with E-state index in [9.17, 15) is 4.79 Å². The lowest BCUT2D eigenvalue weighted by Gasteiger charge is -2.33. The van der Waals surface area contributed by atoms with Crippen LogP contribution < -0.4 is 10.1 Å². The molecule has 0 spiro atoms. The Kier molecular flexibility index (Phi) is 10.5. The number of guanidine groups is 1. The first-order chi connectivity index (χ1) is 12.5. The van der Waals surface area contributed by atoms with E-state index in [0.717, 1.165) is 37.6 Å². The van der Waals surface area contributed by atoms with Gasteiger partial charge in [-0.15, -0.1) is 24.0 Å². The van der Waals surface area contributed by atoms with Gasteiger partial charge in [-0.3, -0.25) is 9.79 Å². The van der Waals surface area contributed by atoms with Gasteiger partial charge in [-0.2, -0.15) is 0 Å². The molecule has 152 valence electrons. The molecule has 1 aromatic rings. The van der Waals surface area contributed by atoms with E-state index in [0.29, 0.717) is 19.0 Å². The Hall–Kier alpha value is -1.51. The highest BCUT2D eigenvalue weighted by Gasteiger charge is 2.22. The lowest BCUT2D eigenvalue weighted by Crippen LogP contribution is -2.44. The Morgan fingerprint density at radius 3 is 2.63 bits per heavy atom. The molecule has 0 radical (unpaired) electrons. The van der Waals surface area contributed by atoms with E-state index in [1.54, 1.807) is 14.2 Å². The summed E-state index contributed by atoms with van der Waals surface area (Å²) in [5, 5.41) is 3.30. The number of methoxy groups -OCH3 is 1. The van der Waals surface area contributed by atoms with Gasteiger partial charge < -0.3 is 19.9 Å². The van der Waals surface area contributed by atoms with Crippen LogP contribution in [-0.2, 0) is 11.3 Å². The second kappa shape index (κ2) is 12.0. The van der Waals surface area contributed by atoms with Gasteiger partial charge in [0.05, 0.1) is 7.11 Å². The van der Waals surface area contributed by atoms with Crippen molar-refractivity contribution in [1.29, 1.82) is 0 Å². The van der Waals surface area contributed by atoms with Gasteiger partial charge in [-0.25, -0.2) is 0 Å². The van der Waals surface area contributed by atoms with Crippen LogP contribution in [-0.4, -0.2) is 62.0 Å². The lowest BCUT2D eigenvalue weighted by molar-refractivity contribution is -0.134. The number of nitrogens with zero attached hydrogens (tertiary/aromatic N) is 3. The maximum atomic E-state index is 12.4. The largest absolute Gasteiger partial charge is 0.497 e. The Bertz CT molecular complexity index is 607. The Morgan fingerprint density at radius 2 is 2.04 bits per heavy atom. The van der Waals surface area contributed by atoms with E-state index in [1.807, 2.05) is 36.2 Å². The number of hydrogen-bond acceptors (Lipinski definition) is 3. The van der Waals surface area contributed by atoms with E-state index in [1.165, 1.54) is 12.0 Å². The minimum atomic E-state index is 0. The average molecular weight is 488 g/mol. The summed E-state index contributed by atoms with van der Waals surface area (Å²) in [5.74, 6) is 1.88. The number of hydrogen-bond donors (Lipinski definition) is 1. The van der Waals surface area contributed by atoms with Crippen LogP contribution in [0.1, 0.15) is 38.2 Å². The van der Waals surface area contributed by atoms with Crippen LogP contribution in [0.25, 0.3) is 0 Å². The molecule has 1 aromatic carbocycles. The molecule has 1 heterocycles. The molecule has 1 aliphatic rings. The van der Waals surface area contributed by atoms with E-state index in [2.05, 4.69) is 22.1 Å². The average Bonchev–Trinajstić information content (AvgIpc) is 2.66. The van der Waals surface area contributed by atoms with Crippen LogP contribution >= 0.6 is 24.0 Å². The van der Waals surface area contributed by atoms with Gasteiger partial charge in [0.25, 0.3) is 0 Å². The van der Waals surface area contributed by atoms with Crippen molar-refractivity contribution in [3.05, 3.63) is 29.8 Å². The highest BCUT2D eigenvalue weighted by molar-refractivity contribution is 14.0. The molecule has 1 atom stereocenters. The van der Waals surface area contributed by atoms with Gasteiger partial charge in [-0.05, 0) is 43.9 Å². The molecule has 7 heteroatoms. The van der Waals surface area contributed by atoms with Crippen molar-refractivity contribution in [3.8, 4) is 5.75 Å². The molecule has 1 unspecified atom stereocenters. The van der Waals surface area contributed by atoms with Crippen molar-refractivity contribution in [2.75, 3.05) is 34.3 Å². The number of nitrogens with one attached hydrogen (secondary N) is 1. The number of benzene rings is 1. The minimum Gasteiger partial charge on any atom is -0.497 e. The molecule has 0 aliphatic carbocycles. The summed E-state index contributed by atoms with van der Waals surface area (Å²) >= 11 is 0. The molecule has 1 N–H and O–H groups in total. The number of halogens is 1. The second-order valence-electron chi connectivity index (χ2n) is 6.86. The summed E-state index contributed by atoms with van der Waals surface area (Å²) in [6, 6.07) is 8.37. The fourth-order valence-electron chi connectivity index (χ4n) is 3.36. The van der Waals surface area contributed by atoms with Gasteiger partial charge in [0, 0.05) is 46.2 Å². The summed E-state index contributed by atoms with van der Waals surface area (Å²) < 4.78 is 5.19. The minimum absolute atomic E-state index is 0. The maximum Gasteiger partial charge on any atom is 0.224 e. The first-order valence-corrected chi connectivity index (χ1v) is 9.39. The normalized spacial score (nSPS) is 17.1. The van der Waals surface area contributed by atoms with Crippen molar-refractivity contribution in [2.24, 2.45) is 4.99 Å². The third kappa shape index (κ3) is 7.20. The van der Waals surface area contributed by atoms with Crippen LogP contribution in [0.3, 0.4) is 0 Å². The molecule has 0 aromatic heterocycles. The van der Waals surface area contributed by atoms with Gasteiger partial charge in [0.1, 0.15) is 5.75 Å². The first kappa shape index (κ1) is 23.5. The summed E-state index contributed by atoms with van der Waals surface area (Å²) in [6.07, 6.45) is 3.97. The predicted octanol–water partition coefficient (Wildman–Crippen LogP) is 3.11. The topological polar surface area (TPSA) is 57.2 Å². The van der Waals surface area contributed by atoms with E-state index < -0.39 is 0 Å². The fourth-order valence-corrected chi connectivity index (χ4v) is 3.36. The van der Waals surface area contributed by atoms with Crippen molar-refractivity contribution in [3.63, 3.8) is 0 Å². The molecular formula is C20H33IN4O2. The highest BCUT2D eigenvalue weighted by atomic mass is 127. The van der Waals surface area contributed by atoms with E-state index in [-0.39, 0.29) is 29.9 Å². The standard InChI is InChI=1S/C20H32N4O2.HI/c1-16-7-5-6-14-24(16)19(25)12-13-22-20(21-2)23(3)15-17-8-10-18(26-4)11-9-17;/h8-11,16H,5-7,12-15H2,1-4H3,(H,21,22);1H. The molecule has 27 heavy (non-hydrogen) atoms. The third-order valence-electron chi connectivity index (χ3n) is 4.90. The van der Waals surface area contributed by atoms with Crippen LogP contribution in [0.15, 0.2) is 29.3 Å².